The van der Waals surface area contributed by atoms with Crippen molar-refractivity contribution in [1.29, 1.82) is 0 Å². The second-order valence-electron chi connectivity index (χ2n) is 7.89. The van der Waals surface area contributed by atoms with Gasteiger partial charge in [0.2, 0.25) is 0 Å². The fraction of sp³-hybridized carbons (Fsp3) is 0.269. The van der Waals surface area contributed by atoms with E-state index in [1.165, 1.54) is 0 Å². The zero-order valence-corrected chi connectivity index (χ0v) is 17.3. The summed E-state index contributed by atoms with van der Waals surface area (Å²) in [6.45, 7) is -0.806. The molecule has 3 aromatic carbocycles. The first-order chi connectivity index (χ1) is 14.9. The van der Waals surface area contributed by atoms with Crippen LogP contribution >= 0.6 is 0 Å². The van der Waals surface area contributed by atoms with E-state index in [9.17, 15) is 25.2 Å². The largest absolute Gasteiger partial charge is 0.394 e. The van der Waals surface area contributed by atoms with Crippen LogP contribution < -0.4 is 0 Å². The molecule has 0 aromatic heterocycles. The van der Waals surface area contributed by atoms with Gasteiger partial charge in [-0.3, -0.25) is 4.79 Å². The van der Waals surface area contributed by atoms with Crippen LogP contribution in [0.2, 0.25) is 0 Å². The molecule has 0 heterocycles. The molecule has 0 fully saturated rings. The van der Waals surface area contributed by atoms with E-state index in [1.54, 1.807) is 72.8 Å². The Morgan fingerprint density at radius 2 is 1.13 bits per heavy atom. The van der Waals surface area contributed by atoms with Crippen molar-refractivity contribution in [2.45, 2.75) is 36.6 Å². The van der Waals surface area contributed by atoms with Gasteiger partial charge in [0.15, 0.2) is 11.4 Å². The average molecular weight is 421 g/mol. The number of rotatable bonds is 10. The second-order valence-corrected chi connectivity index (χ2v) is 7.89. The molecule has 3 atom stereocenters. The summed E-state index contributed by atoms with van der Waals surface area (Å²) in [5.74, 6) is -0.631. The molecule has 0 saturated heterocycles. The molecule has 0 spiro atoms. The SMILES string of the molecule is O=C(Cc1ccccc1)[C@](O)(Cc1ccccc1)[C@@](O)(Cc1ccccc1)[C@H](O)CO. The van der Waals surface area contributed by atoms with Crippen molar-refractivity contribution in [1.82, 2.24) is 0 Å². The topological polar surface area (TPSA) is 98.0 Å². The van der Waals surface area contributed by atoms with Crippen LogP contribution in [-0.2, 0) is 24.1 Å². The summed E-state index contributed by atoms with van der Waals surface area (Å²) in [6.07, 6.45) is -2.28. The molecule has 0 aliphatic carbocycles. The Labute approximate surface area is 182 Å². The number of aliphatic hydroxyl groups is 4. The fourth-order valence-electron chi connectivity index (χ4n) is 3.91. The zero-order valence-electron chi connectivity index (χ0n) is 17.3. The van der Waals surface area contributed by atoms with Gasteiger partial charge in [0.1, 0.15) is 11.7 Å². The Morgan fingerprint density at radius 1 is 0.710 bits per heavy atom. The molecular formula is C26H28O5. The number of aliphatic hydroxyl groups excluding tert-OH is 2. The minimum atomic E-state index is -2.35. The molecular weight excluding hydrogens is 392 g/mol. The van der Waals surface area contributed by atoms with E-state index in [-0.39, 0.29) is 19.3 Å². The van der Waals surface area contributed by atoms with Crippen molar-refractivity contribution in [2.75, 3.05) is 6.61 Å². The maximum atomic E-state index is 13.5. The molecule has 0 bridgehead atoms. The van der Waals surface area contributed by atoms with Gasteiger partial charge < -0.3 is 20.4 Å². The third kappa shape index (κ3) is 5.09. The smallest absolute Gasteiger partial charge is 0.172 e. The van der Waals surface area contributed by atoms with Crippen LogP contribution in [-0.4, -0.2) is 50.1 Å². The quantitative estimate of drug-likeness (QED) is 0.403. The predicted octanol–water partition coefficient (Wildman–Crippen LogP) is 2.10. The molecule has 4 N–H and O–H groups in total. The zero-order chi connectivity index (χ0) is 22.3. The summed E-state index contributed by atoms with van der Waals surface area (Å²) in [4.78, 5) is 13.5. The third-order valence-corrected chi connectivity index (χ3v) is 5.73. The van der Waals surface area contributed by atoms with Crippen molar-refractivity contribution in [3.63, 3.8) is 0 Å². The van der Waals surface area contributed by atoms with Gasteiger partial charge in [0, 0.05) is 19.3 Å². The lowest BCUT2D eigenvalue weighted by Crippen LogP contribution is -2.68. The maximum absolute atomic E-state index is 13.5. The van der Waals surface area contributed by atoms with Gasteiger partial charge >= 0.3 is 0 Å². The van der Waals surface area contributed by atoms with Gasteiger partial charge in [-0.25, -0.2) is 0 Å². The van der Waals surface area contributed by atoms with Gasteiger partial charge in [-0.05, 0) is 16.7 Å². The highest BCUT2D eigenvalue weighted by molar-refractivity contribution is 5.91. The number of carbonyl (C=O) groups is 1. The van der Waals surface area contributed by atoms with Crippen LogP contribution in [0.1, 0.15) is 16.7 Å². The molecule has 162 valence electrons. The minimum absolute atomic E-state index is 0.126. The number of benzene rings is 3. The molecule has 5 heteroatoms. The van der Waals surface area contributed by atoms with Crippen molar-refractivity contribution in [2.24, 2.45) is 0 Å². The first-order valence-corrected chi connectivity index (χ1v) is 10.3. The lowest BCUT2D eigenvalue weighted by molar-refractivity contribution is -0.209. The molecule has 3 rings (SSSR count). The Balaban J connectivity index is 2.07. The van der Waals surface area contributed by atoms with Gasteiger partial charge in [-0.15, -0.1) is 0 Å². The van der Waals surface area contributed by atoms with Crippen molar-refractivity contribution < 1.29 is 25.2 Å². The highest BCUT2D eigenvalue weighted by Crippen LogP contribution is 2.35. The molecule has 0 amide bonds. The predicted molar refractivity (Wildman–Crippen MR) is 118 cm³/mol. The standard InChI is InChI=1S/C26H28O5/c27-19-24(29)26(31,18-22-14-8-3-9-15-22)25(30,17-21-12-6-2-7-13-21)23(28)16-20-10-4-1-5-11-20/h1-15,24,27,29-31H,16-19H2/t24-,25-,26-/m1/s1. The number of carbonyl (C=O) groups excluding carboxylic acids is 1. The number of hydrogen-bond acceptors (Lipinski definition) is 5. The Kier molecular flexibility index (Phi) is 7.36. The van der Waals surface area contributed by atoms with Gasteiger partial charge in [-0.2, -0.15) is 0 Å². The van der Waals surface area contributed by atoms with Crippen molar-refractivity contribution in [3.05, 3.63) is 108 Å². The summed E-state index contributed by atoms with van der Waals surface area (Å²) in [6, 6.07) is 26.6. The molecule has 0 radical (unpaired) electrons. The van der Waals surface area contributed by atoms with E-state index >= 15 is 0 Å². The van der Waals surface area contributed by atoms with E-state index in [1.807, 2.05) is 18.2 Å². The van der Waals surface area contributed by atoms with Crippen molar-refractivity contribution >= 4 is 5.78 Å². The second kappa shape index (κ2) is 9.98. The highest BCUT2D eigenvalue weighted by atomic mass is 16.4. The van der Waals surface area contributed by atoms with E-state index in [4.69, 9.17) is 0 Å². The van der Waals surface area contributed by atoms with E-state index in [2.05, 4.69) is 0 Å². The first-order valence-electron chi connectivity index (χ1n) is 10.3. The van der Waals surface area contributed by atoms with Crippen LogP contribution in [0.3, 0.4) is 0 Å². The molecule has 31 heavy (non-hydrogen) atoms. The highest BCUT2D eigenvalue weighted by Gasteiger charge is 2.57. The third-order valence-electron chi connectivity index (χ3n) is 5.73. The Bertz CT molecular complexity index is 961. The monoisotopic (exact) mass is 420 g/mol. The van der Waals surface area contributed by atoms with Gasteiger partial charge in [0.25, 0.3) is 0 Å². The summed E-state index contributed by atoms with van der Waals surface area (Å²) >= 11 is 0. The number of ketones is 1. The van der Waals surface area contributed by atoms with Crippen molar-refractivity contribution in [3.8, 4) is 0 Å². The molecule has 0 saturated carbocycles. The Hall–Kier alpha value is -2.83. The fourth-order valence-corrected chi connectivity index (χ4v) is 3.91. The lowest BCUT2D eigenvalue weighted by Gasteiger charge is -2.45. The molecule has 0 unspecified atom stereocenters. The van der Waals surface area contributed by atoms with E-state index in [0.717, 1.165) is 0 Å². The molecule has 0 aliphatic heterocycles. The van der Waals surface area contributed by atoms with Crippen LogP contribution in [0, 0.1) is 0 Å². The molecule has 0 aliphatic rings. The summed E-state index contributed by atoms with van der Waals surface area (Å²) < 4.78 is 0. The van der Waals surface area contributed by atoms with Crippen LogP contribution in [0.4, 0.5) is 0 Å². The average Bonchev–Trinajstić information content (AvgIpc) is 2.80. The summed E-state index contributed by atoms with van der Waals surface area (Å²) in [7, 11) is 0. The number of hydrogen-bond donors (Lipinski definition) is 4. The van der Waals surface area contributed by atoms with Crippen LogP contribution in [0.15, 0.2) is 91.0 Å². The number of Topliss-reactive ketones (excluding diaryl/α,β-unsaturated/α-hetero) is 1. The minimum Gasteiger partial charge on any atom is -0.394 e. The van der Waals surface area contributed by atoms with Gasteiger partial charge in [-0.1, -0.05) is 91.0 Å². The van der Waals surface area contributed by atoms with Crippen LogP contribution in [0.5, 0.6) is 0 Å². The maximum Gasteiger partial charge on any atom is 0.172 e. The first kappa shape index (κ1) is 22.8. The normalized spacial score (nSPS) is 16.1. The molecule has 5 nitrogen and oxygen atoms in total. The van der Waals surface area contributed by atoms with Crippen LogP contribution in [0.25, 0.3) is 0 Å². The Morgan fingerprint density at radius 3 is 1.58 bits per heavy atom. The summed E-state index contributed by atoms with van der Waals surface area (Å²) in [5.41, 5.74) is -2.73. The van der Waals surface area contributed by atoms with E-state index in [0.29, 0.717) is 16.7 Å². The van der Waals surface area contributed by atoms with Gasteiger partial charge in [0.05, 0.1) is 6.61 Å². The lowest BCUT2D eigenvalue weighted by atomic mass is 9.68. The summed E-state index contributed by atoms with van der Waals surface area (Å²) in [5, 5.41) is 43.9. The van der Waals surface area contributed by atoms with E-state index < -0.39 is 29.7 Å². The molecule has 3 aromatic rings.